The number of pyridine rings is 1. The van der Waals surface area contributed by atoms with Gasteiger partial charge in [0, 0.05) is 29.3 Å². The van der Waals surface area contributed by atoms with Crippen LogP contribution >= 0.6 is 0 Å². The van der Waals surface area contributed by atoms with Crippen LogP contribution in [-0.2, 0) is 17.6 Å². The van der Waals surface area contributed by atoms with Crippen LogP contribution in [0.4, 0.5) is 13.2 Å². The van der Waals surface area contributed by atoms with Crippen molar-refractivity contribution in [3.63, 3.8) is 0 Å². The highest BCUT2D eigenvalue weighted by Gasteiger charge is 2.30. The van der Waals surface area contributed by atoms with E-state index in [0.29, 0.717) is 34.6 Å². The number of nitrogens with zero attached hydrogens (tertiary/aromatic N) is 1. The lowest BCUT2D eigenvalue weighted by Crippen LogP contribution is -2.08. The number of fused-ring (bicyclic) bond motifs is 1. The van der Waals surface area contributed by atoms with Crippen molar-refractivity contribution in [2.75, 3.05) is 0 Å². The summed E-state index contributed by atoms with van der Waals surface area (Å²) < 4.78 is 51.3. The maximum atomic E-state index is 13.5. The highest BCUT2D eigenvalue weighted by molar-refractivity contribution is 6.13. The normalized spacial score (nSPS) is 11.5. The fourth-order valence-electron chi connectivity index (χ4n) is 4.15. The van der Waals surface area contributed by atoms with Crippen LogP contribution < -0.4 is 9.47 Å². The lowest BCUT2D eigenvalue weighted by Gasteiger charge is -2.15. The molecule has 0 saturated heterocycles. The standard InChI is InChI=1S/C33H22F3NO5/c34-33(35,36)24-11-9-23(10-12-24)31(40)28-19-37-29-18-26(41-20-22-4-2-1-3-5-22)15-16-27(29)32(28)42-25-13-6-21(7-14-25)8-17-30(38)39/h1-19H,20H2,(H,38,39)/b17-8+. The maximum absolute atomic E-state index is 13.5. The molecule has 0 aliphatic heterocycles. The van der Waals surface area contributed by atoms with Gasteiger partial charge in [0.2, 0.25) is 0 Å². The van der Waals surface area contributed by atoms with Crippen molar-refractivity contribution in [3.05, 3.63) is 137 Å². The molecule has 210 valence electrons. The largest absolute Gasteiger partial charge is 0.489 e. The van der Waals surface area contributed by atoms with Crippen LogP contribution in [-0.4, -0.2) is 21.8 Å². The number of rotatable bonds is 9. The van der Waals surface area contributed by atoms with Crippen LogP contribution in [0.1, 0.15) is 32.6 Å². The Bertz CT molecular complexity index is 1770. The molecule has 0 bridgehead atoms. The van der Waals surface area contributed by atoms with Crippen molar-refractivity contribution in [3.8, 4) is 17.2 Å². The smallest absolute Gasteiger partial charge is 0.416 e. The predicted molar refractivity (Wildman–Crippen MR) is 151 cm³/mol. The molecule has 0 fully saturated rings. The topological polar surface area (TPSA) is 85.7 Å². The first kappa shape index (κ1) is 28.1. The van der Waals surface area contributed by atoms with Gasteiger partial charge < -0.3 is 14.6 Å². The van der Waals surface area contributed by atoms with E-state index in [-0.39, 0.29) is 16.9 Å². The van der Waals surface area contributed by atoms with Gasteiger partial charge in [0.1, 0.15) is 23.9 Å². The van der Waals surface area contributed by atoms with Crippen molar-refractivity contribution >= 4 is 28.7 Å². The molecule has 0 atom stereocenters. The molecule has 4 aromatic carbocycles. The minimum atomic E-state index is -4.54. The molecular formula is C33H22F3NO5. The van der Waals surface area contributed by atoms with Crippen LogP contribution in [0.2, 0.25) is 0 Å². The number of ether oxygens (including phenoxy) is 2. The van der Waals surface area contributed by atoms with Gasteiger partial charge >= 0.3 is 12.1 Å². The highest BCUT2D eigenvalue weighted by atomic mass is 19.4. The van der Waals surface area contributed by atoms with E-state index in [1.165, 1.54) is 12.3 Å². The van der Waals surface area contributed by atoms with Gasteiger partial charge in [-0.2, -0.15) is 13.2 Å². The Hall–Kier alpha value is -5.44. The Morgan fingerprint density at radius 1 is 0.857 bits per heavy atom. The zero-order chi connectivity index (χ0) is 29.7. The monoisotopic (exact) mass is 569 g/mol. The van der Waals surface area contributed by atoms with Crippen LogP contribution in [0, 0.1) is 0 Å². The van der Waals surface area contributed by atoms with Gasteiger partial charge in [0.05, 0.1) is 16.6 Å². The van der Waals surface area contributed by atoms with Gasteiger partial charge in [-0.15, -0.1) is 0 Å². The molecule has 9 heteroatoms. The van der Waals surface area contributed by atoms with Crippen LogP contribution in [0.15, 0.2) is 109 Å². The molecule has 42 heavy (non-hydrogen) atoms. The number of ketones is 1. The summed E-state index contributed by atoms with van der Waals surface area (Å²) in [5.41, 5.74) is 1.29. The molecule has 6 nitrogen and oxygen atoms in total. The molecule has 0 aliphatic rings. The third kappa shape index (κ3) is 6.64. The van der Waals surface area contributed by atoms with E-state index in [1.54, 1.807) is 42.5 Å². The Morgan fingerprint density at radius 2 is 1.55 bits per heavy atom. The summed E-state index contributed by atoms with van der Waals surface area (Å²) in [6, 6.07) is 25.2. The fraction of sp³-hybridized carbons (Fsp3) is 0.0606. The number of carboxylic acid groups (broad SMARTS) is 1. The molecule has 5 aromatic rings. The Labute approximate surface area is 238 Å². The van der Waals surface area contributed by atoms with E-state index in [1.807, 2.05) is 30.3 Å². The molecule has 0 spiro atoms. The van der Waals surface area contributed by atoms with Crippen LogP contribution in [0.5, 0.6) is 17.2 Å². The van der Waals surface area contributed by atoms with Gasteiger partial charge in [-0.1, -0.05) is 54.6 Å². The molecule has 1 aromatic heterocycles. The first-order valence-corrected chi connectivity index (χ1v) is 12.7. The lowest BCUT2D eigenvalue weighted by atomic mass is 10.0. The van der Waals surface area contributed by atoms with Crippen molar-refractivity contribution in [1.82, 2.24) is 4.98 Å². The van der Waals surface area contributed by atoms with Crippen molar-refractivity contribution in [2.24, 2.45) is 0 Å². The number of carboxylic acids is 1. The summed E-state index contributed by atoms with van der Waals surface area (Å²) >= 11 is 0. The van der Waals surface area contributed by atoms with Crippen LogP contribution in [0.25, 0.3) is 17.0 Å². The highest BCUT2D eigenvalue weighted by Crippen LogP contribution is 2.36. The van der Waals surface area contributed by atoms with Gasteiger partial charge in [0.25, 0.3) is 0 Å². The minimum absolute atomic E-state index is 0.0333. The van der Waals surface area contributed by atoms with Gasteiger partial charge in [-0.3, -0.25) is 9.78 Å². The summed E-state index contributed by atoms with van der Waals surface area (Å²) in [6.45, 7) is 0.336. The molecule has 1 heterocycles. The first-order valence-electron chi connectivity index (χ1n) is 12.7. The SMILES string of the molecule is O=C(O)/C=C/c1ccc(Oc2c(C(=O)c3ccc(C(F)(F)F)cc3)cnc3cc(OCc4ccccc4)ccc23)cc1. The van der Waals surface area contributed by atoms with E-state index >= 15 is 0 Å². The number of carbonyl (C=O) groups is 2. The predicted octanol–water partition coefficient (Wildman–Crippen LogP) is 7.95. The number of carbonyl (C=O) groups excluding carboxylic acids is 1. The van der Waals surface area contributed by atoms with Crippen molar-refractivity contribution in [1.29, 1.82) is 0 Å². The second kappa shape index (κ2) is 12.0. The third-order valence-electron chi connectivity index (χ3n) is 6.28. The van der Waals surface area contributed by atoms with Crippen molar-refractivity contribution in [2.45, 2.75) is 12.8 Å². The van der Waals surface area contributed by atoms with E-state index in [2.05, 4.69) is 4.98 Å². The average molecular weight is 570 g/mol. The summed E-state index contributed by atoms with van der Waals surface area (Å²) in [4.78, 5) is 28.7. The Morgan fingerprint density at radius 3 is 2.21 bits per heavy atom. The zero-order valence-electron chi connectivity index (χ0n) is 21.8. The number of aliphatic carboxylic acids is 1. The number of hydrogen-bond donors (Lipinski definition) is 1. The third-order valence-corrected chi connectivity index (χ3v) is 6.28. The quantitative estimate of drug-likeness (QED) is 0.143. The number of hydrogen-bond acceptors (Lipinski definition) is 5. The molecule has 0 radical (unpaired) electrons. The summed E-state index contributed by atoms with van der Waals surface area (Å²) in [7, 11) is 0. The van der Waals surface area contributed by atoms with Gasteiger partial charge in [-0.25, -0.2) is 4.79 Å². The second-order valence-electron chi connectivity index (χ2n) is 9.20. The number of aromatic nitrogens is 1. The number of alkyl halides is 3. The number of benzene rings is 4. The summed E-state index contributed by atoms with van der Waals surface area (Å²) in [6.07, 6.45) is -0.788. The van der Waals surface area contributed by atoms with E-state index in [9.17, 15) is 22.8 Å². The Kier molecular flexibility index (Phi) is 8.01. The molecule has 5 rings (SSSR count). The summed E-state index contributed by atoms with van der Waals surface area (Å²) in [5.74, 6) is -0.606. The molecule has 0 amide bonds. The van der Waals surface area contributed by atoms with Gasteiger partial charge in [-0.05, 0) is 53.6 Å². The van der Waals surface area contributed by atoms with E-state index in [4.69, 9.17) is 14.6 Å². The minimum Gasteiger partial charge on any atom is -0.489 e. The maximum Gasteiger partial charge on any atom is 0.416 e. The zero-order valence-corrected chi connectivity index (χ0v) is 21.8. The van der Waals surface area contributed by atoms with Crippen molar-refractivity contribution < 1.29 is 37.3 Å². The molecule has 0 unspecified atom stereocenters. The molecule has 0 saturated carbocycles. The van der Waals surface area contributed by atoms with Crippen LogP contribution in [0.3, 0.4) is 0 Å². The van der Waals surface area contributed by atoms with Gasteiger partial charge in [0.15, 0.2) is 5.78 Å². The molecule has 1 N–H and O–H groups in total. The lowest BCUT2D eigenvalue weighted by molar-refractivity contribution is -0.137. The molecular weight excluding hydrogens is 547 g/mol. The fourth-order valence-corrected chi connectivity index (χ4v) is 4.15. The first-order chi connectivity index (χ1) is 20.2. The number of halogens is 3. The second-order valence-corrected chi connectivity index (χ2v) is 9.20. The van der Waals surface area contributed by atoms with E-state index in [0.717, 1.165) is 35.9 Å². The average Bonchev–Trinajstić information content (AvgIpc) is 2.99. The Balaban J connectivity index is 1.51. The van der Waals surface area contributed by atoms with E-state index < -0.39 is 23.5 Å². The summed E-state index contributed by atoms with van der Waals surface area (Å²) in [5, 5.41) is 9.33. The molecule has 0 aliphatic carbocycles.